The molecule has 1 aliphatic rings. The highest BCUT2D eigenvalue weighted by Gasteiger charge is 2.26. The molecule has 0 aliphatic carbocycles. The van der Waals surface area contributed by atoms with Crippen LogP contribution in [-0.2, 0) is 22.6 Å². The predicted molar refractivity (Wildman–Crippen MR) is 125 cm³/mol. The van der Waals surface area contributed by atoms with Gasteiger partial charge in [0.2, 0.25) is 18.6 Å². The largest absolute Gasteiger partial charge is 0.454 e. The molecule has 1 heterocycles. The topological polar surface area (TPSA) is 67.9 Å². The number of fused-ring (bicyclic) bond motifs is 1. The van der Waals surface area contributed by atoms with Gasteiger partial charge in [-0.1, -0.05) is 49.2 Å². The molecule has 0 spiro atoms. The Balaban J connectivity index is 1.72. The number of halogens is 2. The van der Waals surface area contributed by atoms with Gasteiger partial charge in [-0.2, -0.15) is 0 Å². The molecule has 0 fully saturated rings. The van der Waals surface area contributed by atoms with Crippen molar-refractivity contribution >= 4 is 35.0 Å². The molecule has 0 radical (unpaired) electrons. The van der Waals surface area contributed by atoms with E-state index < -0.39 is 6.04 Å². The number of amides is 2. The van der Waals surface area contributed by atoms with Crippen LogP contribution in [0.2, 0.25) is 10.0 Å². The minimum absolute atomic E-state index is 0.124. The summed E-state index contributed by atoms with van der Waals surface area (Å²) in [6.07, 6.45) is 0.774. The fourth-order valence-electron chi connectivity index (χ4n) is 3.36. The molecule has 1 unspecified atom stereocenters. The summed E-state index contributed by atoms with van der Waals surface area (Å²) in [5.41, 5.74) is 1.77. The number of ether oxygens (including phenoxy) is 2. The van der Waals surface area contributed by atoms with E-state index in [0.717, 1.165) is 11.1 Å². The third kappa shape index (κ3) is 6.30. The average Bonchev–Trinajstić information content (AvgIpc) is 3.24. The molecule has 172 valence electrons. The van der Waals surface area contributed by atoms with Crippen molar-refractivity contribution in [2.45, 2.75) is 46.2 Å². The van der Waals surface area contributed by atoms with Crippen molar-refractivity contribution in [3.05, 3.63) is 57.6 Å². The van der Waals surface area contributed by atoms with Crippen molar-refractivity contribution in [3.8, 4) is 11.5 Å². The molecule has 8 heteroatoms. The van der Waals surface area contributed by atoms with Crippen LogP contribution in [0.5, 0.6) is 11.5 Å². The van der Waals surface area contributed by atoms with Gasteiger partial charge in [0.1, 0.15) is 6.04 Å². The van der Waals surface area contributed by atoms with E-state index in [9.17, 15) is 9.59 Å². The Kier molecular flexibility index (Phi) is 8.26. The zero-order valence-corrected chi connectivity index (χ0v) is 20.0. The van der Waals surface area contributed by atoms with Crippen LogP contribution in [0.4, 0.5) is 0 Å². The second-order valence-corrected chi connectivity index (χ2v) is 9.09. The highest BCUT2D eigenvalue weighted by molar-refractivity contribution is 6.42. The van der Waals surface area contributed by atoms with Crippen molar-refractivity contribution in [2.24, 2.45) is 5.92 Å². The molecule has 1 atom stereocenters. The van der Waals surface area contributed by atoms with Crippen LogP contribution < -0.4 is 14.8 Å². The number of carbonyl (C=O) groups excluding carboxylic acids is 2. The summed E-state index contributed by atoms with van der Waals surface area (Å²) in [6.45, 7) is 6.80. The van der Waals surface area contributed by atoms with Crippen LogP contribution in [-0.4, -0.2) is 36.1 Å². The van der Waals surface area contributed by atoms with Gasteiger partial charge in [0.25, 0.3) is 0 Å². The van der Waals surface area contributed by atoms with Crippen LogP contribution >= 0.6 is 23.2 Å². The number of nitrogens with zero attached hydrogens (tertiary/aromatic N) is 1. The number of carbonyl (C=O) groups is 2. The van der Waals surface area contributed by atoms with E-state index in [-0.39, 0.29) is 31.6 Å². The zero-order chi connectivity index (χ0) is 23.3. The monoisotopic (exact) mass is 478 g/mol. The molecular formula is C24H28Cl2N2O4. The summed E-state index contributed by atoms with van der Waals surface area (Å²) in [4.78, 5) is 27.5. The van der Waals surface area contributed by atoms with Crippen LogP contribution in [0, 0.1) is 5.92 Å². The number of hydrogen-bond acceptors (Lipinski definition) is 4. The van der Waals surface area contributed by atoms with Gasteiger partial charge in [0.05, 0.1) is 10.0 Å². The molecule has 2 aromatic rings. The first kappa shape index (κ1) is 24.2. The average molecular weight is 479 g/mol. The van der Waals surface area contributed by atoms with Crippen molar-refractivity contribution in [1.29, 1.82) is 0 Å². The van der Waals surface area contributed by atoms with E-state index >= 15 is 0 Å². The van der Waals surface area contributed by atoms with E-state index in [1.165, 1.54) is 0 Å². The quantitative estimate of drug-likeness (QED) is 0.559. The van der Waals surface area contributed by atoms with Crippen molar-refractivity contribution in [1.82, 2.24) is 10.2 Å². The first-order valence-corrected chi connectivity index (χ1v) is 11.4. The van der Waals surface area contributed by atoms with Crippen molar-refractivity contribution in [3.63, 3.8) is 0 Å². The van der Waals surface area contributed by atoms with Gasteiger partial charge in [-0.3, -0.25) is 9.59 Å². The fraction of sp³-hybridized carbons (Fsp3) is 0.417. The number of aryl methyl sites for hydroxylation is 1. The second-order valence-electron chi connectivity index (χ2n) is 8.27. The van der Waals surface area contributed by atoms with Gasteiger partial charge in [0.15, 0.2) is 11.5 Å². The lowest BCUT2D eigenvalue weighted by molar-refractivity contribution is -0.140. The van der Waals surface area contributed by atoms with Gasteiger partial charge >= 0.3 is 0 Å². The van der Waals surface area contributed by atoms with E-state index in [4.69, 9.17) is 32.7 Å². The lowest BCUT2D eigenvalue weighted by Gasteiger charge is -2.29. The standard InChI is InChI=1S/C24H28Cl2N2O4/c1-15(2)12-27-24(30)16(3)28(13-18-4-7-19(25)20(26)10-18)23(29)9-6-17-5-8-21-22(11-17)32-14-31-21/h4-5,7-8,10-11,15-16H,6,9,12-14H2,1-3H3,(H,27,30). The molecule has 0 aromatic heterocycles. The van der Waals surface area contributed by atoms with Crippen LogP contribution in [0.3, 0.4) is 0 Å². The van der Waals surface area contributed by atoms with E-state index in [1.54, 1.807) is 24.0 Å². The molecule has 0 saturated carbocycles. The summed E-state index contributed by atoms with van der Waals surface area (Å²) < 4.78 is 10.8. The highest BCUT2D eigenvalue weighted by Crippen LogP contribution is 2.33. The maximum absolute atomic E-state index is 13.2. The molecular weight excluding hydrogens is 451 g/mol. The predicted octanol–water partition coefficient (Wildman–Crippen LogP) is 4.84. The Labute approximate surface area is 198 Å². The van der Waals surface area contributed by atoms with E-state index in [0.29, 0.717) is 40.4 Å². The Hall–Kier alpha value is -2.44. The molecule has 3 rings (SSSR count). The normalized spacial score (nSPS) is 13.2. The van der Waals surface area contributed by atoms with E-state index in [1.807, 2.05) is 38.1 Å². The Morgan fingerprint density at radius 1 is 1.00 bits per heavy atom. The SMILES string of the molecule is CC(C)CNC(=O)C(C)N(Cc1ccc(Cl)c(Cl)c1)C(=O)CCc1ccc2c(c1)OCO2. The summed E-state index contributed by atoms with van der Waals surface area (Å²) in [7, 11) is 0. The van der Waals surface area contributed by atoms with Gasteiger partial charge in [-0.25, -0.2) is 0 Å². The lowest BCUT2D eigenvalue weighted by Crippen LogP contribution is -2.48. The fourth-order valence-corrected chi connectivity index (χ4v) is 3.68. The van der Waals surface area contributed by atoms with Crippen molar-refractivity contribution in [2.75, 3.05) is 13.3 Å². The van der Waals surface area contributed by atoms with Gasteiger partial charge < -0.3 is 19.7 Å². The van der Waals surface area contributed by atoms with Gasteiger partial charge in [-0.15, -0.1) is 0 Å². The van der Waals surface area contributed by atoms with E-state index in [2.05, 4.69) is 5.32 Å². The highest BCUT2D eigenvalue weighted by atomic mass is 35.5. The molecule has 2 amide bonds. The minimum atomic E-state index is -0.632. The summed E-state index contributed by atoms with van der Waals surface area (Å²) in [5.74, 6) is 1.40. The summed E-state index contributed by atoms with van der Waals surface area (Å²) >= 11 is 12.2. The van der Waals surface area contributed by atoms with Crippen LogP contribution in [0.15, 0.2) is 36.4 Å². The Bertz CT molecular complexity index is 980. The van der Waals surface area contributed by atoms with Crippen LogP contribution in [0.25, 0.3) is 0 Å². The minimum Gasteiger partial charge on any atom is -0.454 e. The third-order valence-corrected chi connectivity index (χ3v) is 5.99. The van der Waals surface area contributed by atoms with Crippen LogP contribution in [0.1, 0.15) is 38.3 Å². The molecule has 6 nitrogen and oxygen atoms in total. The maximum Gasteiger partial charge on any atom is 0.242 e. The molecule has 0 bridgehead atoms. The molecule has 1 aliphatic heterocycles. The maximum atomic E-state index is 13.2. The smallest absolute Gasteiger partial charge is 0.242 e. The molecule has 0 saturated heterocycles. The lowest BCUT2D eigenvalue weighted by atomic mass is 10.1. The third-order valence-electron chi connectivity index (χ3n) is 5.25. The molecule has 1 N–H and O–H groups in total. The Morgan fingerprint density at radius 2 is 1.72 bits per heavy atom. The van der Waals surface area contributed by atoms with Gasteiger partial charge in [0, 0.05) is 19.5 Å². The number of nitrogens with one attached hydrogen (secondary N) is 1. The van der Waals surface area contributed by atoms with Crippen molar-refractivity contribution < 1.29 is 19.1 Å². The summed E-state index contributed by atoms with van der Waals surface area (Å²) in [6, 6.07) is 10.2. The van der Waals surface area contributed by atoms with Gasteiger partial charge in [-0.05, 0) is 54.7 Å². The number of rotatable bonds is 9. The molecule has 2 aromatic carbocycles. The summed E-state index contributed by atoms with van der Waals surface area (Å²) in [5, 5.41) is 3.77. The second kappa shape index (κ2) is 10.9. The number of hydrogen-bond donors (Lipinski definition) is 1. The number of benzene rings is 2. The first-order chi connectivity index (χ1) is 15.2. The Morgan fingerprint density at radius 3 is 2.44 bits per heavy atom. The zero-order valence-electron chi connectivity index (χ0n) is 18.5. The molecule has 32 heavy (non-hydrogen) atoms. The first-order valence-electron chi connectivity index (χ1n) is 10.6.